The highest BCUT2D eigenvalue weighted by Crippen LogP contribution is 2.41. The van der Waals surface area contributed by atoms with Crippen LogP contribution >= 0.6 is 22.6 Å². The van der Waals surface area contributed by atoms with Crippen LogP contribution in [0.1, 0.15) is 57.5 Å². The molecule has 0 aliphatic carbocycles. The van der Waals surface area contributed by atoms with Crippen molar-refractivity contribution in [2.24, 2.45) is 0 Å². The fraction of sp³-hybridized carbons (Fsp3) is 0.407. The molecule has 0 heterocycles. The van der Waals surface area contributed by atoms with E-state index in [9.17, 15) is 9.59 Å². The third-order valence-corrected chi connectivity index (χ3v) is 13.5. The number of carbonyl (C=O) groups is 2. The first-order valence-electron chi connectivity index (χ1n) is 11.2. The molecule has 4 nitrogen and oxygen atoms in total. The number of carbonyl (C=O) groups excluding carboxylic acids is 2. The van der Waals surface area contributed by atoms with Crippen LogP contribution in [0.2, 0.25) is 16.6 Å². The van der Waals surface area contributed by atoms with Gasteiger partial charge in [-0.1, -0.05) is 84.0 Å². The van der Waals surface area contributed by atoms with Gasteiger partial charge in [-0.3, -0.25) is 0 Å². The summed E-state index contributed by atoms with van der Waals surface area (Å²) >= 11 is 2.08. The maximum absolute atomic E-state index is 13.3. The van der Waals surface area contributed by atoms with E-state index in [-0.39, 0.29) is 0 Å². The van der Waals surface area contributed by atoms with Crippen LogP contribution in [0.3, 0.4) is 0 Å². The standard InChI is InChI=1S/C27H33IO4Si/c1-19(2)33(20(3)4,21(5)6)18-17-27(26(30)31-7,22-13-9-8-10-14-22)32-25(29)23-15-11-12-16-24(23)28/h8-16,19-21H,1-7H3. The molecule has 0 aliphatic heterocycles. The van der Waals surface area contributed by atoms with Gasteiger partial charge in [0.05, 0.1) is 12.7 Å². The number of hydrogen-bond acceptors (Lipinski definition) is 4. The molecule has 2 rings (SSSR count). The van der Waals surface area contributed by atoms with Crippen molar-refractivity contribution in [3.8, 4) is 11.5 Å². The molecule has 1 atom stereocenters. The molecule has 0 saturated heterocycles. The lowest BCUT2D eigenvalue weighted by molar-refractivity contribution is -0.158. The lowest BCUT2D eigenvalue weighted by Crippen LogP contribution is -2.45. The number of ether oxygens (including phenoxy) is 2. The van der Waals surface area contributed by atoms with Gasteiger partial charge in [0.25, 0.3) is 5.60 Å². The van der Waals surface area contributed by atoms with E-state index < -0.39 is 25.6 Å². The van der Waals surface area contributed by atoms with Crippen molar-refractivity contribution >= 4 is 42.6 Å². The highest BCUT2D eigenvalue weighted by molar-refractivity contribution is 14.1. The molecule has 0 bridgehead atoms. The molecular weight excluding hydrogens is 543 g/mol. The molecule has 1 unspecified atom stereocenters. The van der Waals surface area contributed by atoms with E-state index >= 15 is 0 Å². The van der Waals surface area contributed by atoms with E-state index in [0.717, 1.165) is 3.57 Å². The van der Waals surface area contributed by atoms with Gasteiger partial charge in [0.1, 0.15) is 8.07 Å². The van der Waals surface area contributed by atoms with Crippen LogP contribution in [0.25, 0.3) is 0 Å². The van der Waals surface area contributed by atoms with Gasteiger partial charge < -0.3 is 9.47 Å². The van der Waals surface area contributed by atoms with E-state index in [4.69, 9.17) is 9.47 Å². The normalized spacial score (nSPS) is 13.3. The number of rotatable bonds is 7. The zero-order valence-corrected chi connectivity index (χ0v) is 23.6. The highest BCUT2D eigenvalue weighted by atomic mass is 127. The Balaban J connectivity index is 2.80. The van der Waals surface area contributed by atoms with Crippen molar-refractivity contribution in [3.63, 3.8) is 0 Å². The molecule has 33 heavy (non-hydrogen) atoms. The van der Waals surface area contributed by atoms with Gasteiger partial charge in [-0.25, -0.2) is 9.59 Å². The Morgan fingerprint density at radius 1 is 0.879 bits per heavy atom. The molecule has 176 valence electrons. The SMILES string of the molecule is COC(=O)C(C#C[Si](C(C)C)(C(C)C)C(C)C)(OC(=O)c1ccccc1I)c1ccccc1. The smallest absolute Gasteiger partial charge is 0.368 e. The zero-order chi connectivity index (χ0) is 24.8. The fourth-order valence-electron chi connectivity index (χ4n) is 4.63. The van der Waals surface area contributed by atoms with Crippen LogP contribution < -0.4 is 0 Å². The Labute approximate surface area is 212 Å². The van der Waals surface area contributed by atoms with Crippen LogP contribution in [0.4, 0.5) is 0 Å². The molecule has 0 N–H and O–H groups in total. The van der Waals surface area contributed by atoms with Crippen LogP contribution in [0.5, 0.6) is 0 Å². The molecule has 6 heteroatoms. The van der Waals surface area contributed by atoms with Crippen LogP contribution in [-0.2, 0) is 19.9 Å². The van der Waals surface area contributed by atoms with Crippen molar-refractivity contribution in [2.75, 3.05) is 7.11 Å². The topological polar surface area (TPSA) is 52.6 Å². The lowest BCUT2D eigenvalue weighted by atomic mass is 9.94. The van der Waals surface area contributed by atoms with E-state index in [1.807, 2.05) is 18.2 Å². The minimum Gasteiger partial charge on any atom is -0.465 e. The second kappa shape index (κ2) is 11.3. The van der Waals surface area contributed by atoms with Gasteiger partial charge in [-0.15, -0.1) is 5.54 Å². The number of benzene rings is 2. The summed E-state index contributed by atoms with van der Waals surface area (Å²) in [6.07, 6.45) is 0. The largest absolute Gasteiger partial charge is 0.465 e. The van der Waals surface area contributed by atoms with Crippen molar-refractivity contribution in [1.29, 1.82) is 0 Å². The number of hydrogen-bond donors (Lipinski definition) is 0. The van der Waals surface area contributed by atoms with Crippen LogP contribution in [0.15, 0.2) is 54.6 Å². The predicted octanol–water partition coefficient (Wildman–Crippen LogP) is 6.74. The minimum atomic E-state index is -2.23. The van der Waals surface area contributed by atoms with Gasteiger partial charge in [0.15, 0.2) is 0 Å². The zero-order valence-electron chi connectivity index (χ0n) is 20.4. The molecular formula is C27H33IO4Si. The monoisotopic (exact) mass is 576 g/mol. The average molecular weight is 577 g/mol. The fourth-order valence-corrected chi connectivity index (χ4v) is 10.5. The predicted molar refractivity (Wildman–Crippen MR) is 144 cm³/mol. The van der Waals surface area contributed by atoms with E-state index in [2.05, 4.69) is 75.6 Å². The number of methoxy groups -OCH3 is 1. The summed E-state index contributed by atoms with van der Waals surface area (Å²) < 4.78 is 11.9. The van der Waals surface area contributed by atoms with E-state index in [1.54, 1.807) is 36.4 Å². The number of halogens is 1. The number of esters is 2. The Bertz CT molecular complexity index is 1020. The Kier molecular flexibility index (Phi) is 9.33. The van der Waals surface area contributed by atoms with E-state index in [1.165, 1.54) is 7.11 Å². The summed E-state index contributed by atoms with van der Waals surface area (Å²) in [4.78, 5) is 26.6. The van der Waals surface area contributed by atoms with Crippen molar-refractivity contribution in [2.45, 2.75) is 63.8 Å². The van der Waals surface area contributed by atoms with Crippen molar-refractivity contribution in [1.82, 2.24) is 0 Å². The molecule has 0 saturated carbocycles. The summed E-state index contributed by atoms with van der Waals surface area (Å²) in [7, 11) is -0.940. The molecule has 0 amide bonds. The first-order valence-corrected chi connectivity index (χ1v) is 14.5. The van der Waals surface area contributed by atoms with Crippen molar-refractivity contribution < 1.29 is 19.1 Å². The molecule has 0 fully saturated rings. The van der Waals surface area contributed by atoms with Crippen LogP contribution in [-0.4, -0.2) is 27.1 Å². The third kappa shape index (κ3) is 5.52. The second-order valence-corrected chi connectivity index (χ2v) is 15.8. The van der Waals surface area contributed by atoms with E-state index in [0.29, 0.717) is 27.8 Å². The van der Waals surface area contributed by atoms with Gasteiger partial charge in [0, 0.05) is 9.13 Å². The van der Waals surface area contributed by atoms with Gasteiger partial charge in [0.2, 0.25) is 0 Å². The van der Waals surface area contributed by atoms with Gasteiger partial charge >= 0.3 is 11.9 Å². The molecule has 0 radical (unpaired) electrons. The maximum atomic E-state index is 13.3. The lowest BCUT2D eigenvalue weighted by Gasteiger charge is -2.38. The molecule has 0 aromatic heterocycles. The van der Waals surface area contributed by atoms with Crippen molar-refractivity contribution in [3.05, 3.63) is 69.3 Å². The molecule has 2 aromatic carbocycles. The first-order chi connectivity index (χ1) is 15.5. The third-order valence-electron chi connectivity index (χ3n) is 6.31. The summed E-state index contributed by atoms with van der Waals surface area (Å²) in [6.45, 7) is 13.2. The summed E-state index contributed by atoms with van der Waals surface area (Å²) in [5.41, 5.74) is 3.61. The summed E-state index contributed by atoms with van der Waals surface area (Å²) in [5, 5.41) is 0. The molecule has 0 aliphatic rings. The Hall–Kier alpha value is -2.11. The maximum Gasteiger partial charge on any atom is 0.368 e. The summed E-state index contributed by atoms with van der Waals surface area (Å²) in [5.74, 6) is 1.87. The van der Waals surface area contributed by atoms with Crippen LogP contribution in [0, 0.1) is 15.0 Å². The Morgan fingerprint density at radius 3 is 1.88 bits per heavy atom. The quantitative estimate of drug-likeness (QED) is 0.159. The highest BCUT2D eigenvalue weighted by Gasteiger charge is 2.47. The second-order valence-electron chi connectivity index (χ2n) is 9.06. The van der Waals surface area contributed by atoms with Gasteiger partial charge in [-0.05, 0) is 57.3 Å². The first kappa shape index (κ1) is 27.1. The minimum absolute atomic E-state index is 0.349. The molecule has 0 spiro atoms. The Morgan fingerprint density at radius 2 is 1.39 bits per heavy atom. The average Bonchev–Trinajstić information content (AvgIpc) is 2.78. The van der Waals surface area contributed by atoms with Gasteiger partial charge in [-0.2, -0.15) is 0 Å². The molecule has 2 aromatic rings. The summed E-state index contributed by atoms with van der Waals surface area (Å²) in [6, 6.07) is 16.0.